The maximum Gasteiger partial charge on any atom is 0.235 e. The minimum absolute atomic E-state index is 0.107. The van der Waals surface area contributed by atoms with Crippen molar-refractivity contribution in [2.75, 3.05) is 0 Å². The fraction of sp³-hybridized carbons (Fsp3) is 0.778. The molecule has 0 aliphatic heterocycles. The molecule has 1 saturated carbocycles. The van der Waals surface area contributed by atoms with E-state index in [0.29, 0.717) is 0 Å². The normalized spacial score (nSPS) is 35.2. The van der Waals surface area contributed by atoms with Gasteiger partial charge in [-0.05, 0) is 25.7 Å². The molecular formula is C9H13NO2. The lowest BCUT2D eigenvalue weighted by Gasteiger charge is -2.30. The molecule has 0 aromatic rings. The third-order valence-corrected chi connectivity index (χ3v) is 2.62. The Morgan fingerprint density at radius 1 is 1.50 bits per heavy atom. The van der Waals surface area contributed by atoms with Gasteiger partial charge in [0.1, 0.15) is 6.29 Å². The van der Waals surface area contributed by atoms with Crippen molar-refractivity contribution < 1.29 is 9.59 Å². The van der Waals surface area contributed by atoms with Crippen LogP contribution in [-0.2, 0) is 9.59 Å². The van der Waals surface area contributed by atoms with Crippen molar-refractivity contribution in [3.05, 3.63) is 0 Å². The molecule has 66 valence electrons. The molecule has 3 heteroatoms. The molecule has 0 N–H and O–H groups in total. The smallest absolute Gasteiger partial charge is 0.235 e. The van der Waals surface area contributed by atoms with E-state index < -0.39 is 0 Å². The number of aldehydes is 1. The molecule has 1 fully saturated rings. The topological polar surface area (TPSA) is 46.5 Å². The first-order valence-electron chi connectivity index (χ1n) is 4.23. The Balaban J connectivity index is 2.49. The van der Waals surface area contributed by atoms with Crippen molar-refractivity contribution in [3.63, 3.8) is 0 Å². The van der Waals surface area contributed by atoms with Gasteiger partial charge in [0.15, 0.2) is 0 Å². The number of hydrogen-bond donors (Lipinski definition) is 0. The number of nitrogens with zero attached hydrogens (tertiary/aromatic N) is 1. The number of isocyanates is 1. The van der Waals surface area contributed by atoms with E-state index in [1.807, 2.05) is 6.92 Å². The van der Waals surface area contributed by atoms with Crippen molar-refractivity contribution in [1.29, 1.82) is 0 Å². The maximum absolute atomic E-state index is 10.6. The summed E-state index contributed by atoms with van der Waals surface area (Å²) in [5.41, 5.74) is -0.172. The van der Waals surface area contributed by atoms with E-state index in [-0.39, 0.29) is 11.5 Å². The predicted molar refractivity (Wildman–Crippen MR) is 44.5 cm³/mol. The summed E-state index contributed by atoms with van der Waals surface area (Å²) in [6.07, 6.45) is 5.95. The number of carbonyl (C=O) groups is 1. The van der Waals surface area contributed by atoms with E-state index in [1.54, 1.807) is 6.08 Å². The lowest BCUT2D eigenvalue weighted by Crippen LogP contribution is -2.27. The standard InChI is InChI=1S/C9H13NO2/c1-9(6-11)4-2-8(3-5-9)10-7-12/h6,8H,2-5H2,1H3. The monoisotopic (exact) mass is 167 g/mol. The zero-order valence-corrected chi connectivity index (χ0v) is 7.25. The second kappa shape index (κ2) is 3.63. The molecule has 0 heterocycles. The number of hydrogen-bond acceptors (Lipinski definition) is 3. The minimum atomic E-state index is -0.172. The highest BCUT2D eigenvalue weighted by molar-refractivity contribution is 5.58. The van der Waals surface area contributed by atoms with Gasteiger partial charge in [0.25, 0.3) is 0 Å². The molecular weight excluding hydrogens is 154 g/mol. The Hall–Kier alpha value is -0.950. The zero-order chi connectivity index (χ0) is 9.03. The van der Waals surface area contributed by atoms with Gasteiger partial charge in [-0.25, -0.2) is 9.79 Å². The second-order valence-electron chi connectivity index (χ2n) is 3.72. The van der Waals surface area contributed by atoms with Gasteiger partial charge in [0.05, 0.1) is 6.04 Å². The van der Waals surface area contributed by atoms with Crippen molar-refractivity contribution in [2.45, 2.75) is 38.6 Å². The molecule has 1 aliphatic carbocycles. The fourth-order valence-electron chi connectivity index (χ4n) is 1.58. The van der Waals surface area contributed by atoms with Crippen molar-refractivity contribution in [3.8, 4) is 0 Å². The summed E-state index contributed by atoms with van der Waals surface area (Å²) in [6, 6.07) is 0.107. The average molecular weight is 167 g/mol. The quantitative estimate of drug-likeness (QED) is 0.355. The lowest BCUT2D eigenvalue weighted by molar-refractivity contribution is -0.116. The van der Waals surface area contributed by atoms with Crippen LogP contribution < -0.4 is 0 Å². The van der Waals surface area contributed by atoms with E-state index in [2.05, 4.69) is 4.99 Å². The Labute approximate surface area is 71.9 Å². The summed E-state index contributed by atoms with van der Waals surface area (Å²) in [5, 5.41) is 0. The van der Waals surface area contributed by atoms with Crippen LogP contribution in [0.1, 0.15) is 32.6 Å². The zero-order valence-electron chi connectivity index (χ0n) is 7.25. The summed E-state index contributed by atoms with van der Waals surface area (Å²) >= 11 is 0. The third kappa shape index (κ3) is 2.02. The van der Waals surface area contributed by atoms with E-state index in [1.165, 1.54) is 0 Å². The summed E-state index contributed by atoms with van der Waals surface area (Å²) < 4.78 is 0. The third-order valence-electron chi connectivity index (χ3n) is 2.62. The number of aliphatic imine (C=N–C) groups is 1. The molecule has 0 unspecified atom stereocenters. The van der Waals surface area contributed by atoms with Crippen LogP contribution in [0.4, 0.5) is 0 Å². The van der Waals surface area contributed by atoms with Gasteiger partial charge in [-0.3, -0.25) is 0 Å². The predicted octanol–water partition coefficient (Wildman–Crippen LogP) is 1.47. The van der Waals surface area contributed by atoms with Crippen LogP contribution in [0.2, 0.25) is 0 Å². The Morgan fingerprint density at radius 2 is 2.08 bits per heavy atom. The van der Waals surface area contributed by atoms with E-state index in [0.717, 1.165) is 32.0 Å². The summed E-state index contributed by atoms with van der Waals surface area (Å²) in [6.45, 7) is 1.96. The van der Waals surface area contributed by atoms with E-state index in [9.17, 15) is 9.59 Å². The molecule has 0 atom stereocenters. The highest BCUT2D eigenvalue weighted by Gasteiger charge is 2.30. The molecule has 0 spiro atoms. The molecule has 0 radical (unpaired) electrons. The lowest BCUT2D eigenvalue weighted by atomic mass is 9.75. The van der Waals surface area contributed by atoms with Crippen LogP contribution in [0.5, 0.6) is 0 Å². The van der Waals surface area contributed by atoms with Crippen LogP contribution >= 0.6 is 0 Å². The second-order valence-corrected chi connectivity index (χ2v) is 3.72. The fourth-order valence-corrected chi connectivity index (χ4v) is 1.58. The van der Waals surface area contributed by atoms with Crippen molar-refractivity contribution in [1.82, 2.24) is 0 Å². The SMILES string of the molecule is CC1(C=O)CCC(N=C=O)CC1. The summed E-state index contributed by atoms with van der Waals surface area (Å²) in [7, 11) is 0. The van der Waals surface area contributed by atoms with Crippen LogP contribution in [0, 0.1) is 5.41 Å². The van der Waals surface area contributed by atoms with E-state index >= 15 is 0 Å². The van der Waals surface area contributed by atoms with Gasteiger partial charge >= 0.3 is 0 Å². The summed E-state index contributed by atoms with van der Waals surface area (Å²) in [5.74, 6) is 0. The van der Waals surface area contributed by atoms with Gasteiger partial charge in [-0.1, -0.05) is 6.92 Å². The highest BCUT2D eigenvalue weighted by Crippen LogP contribution is 2.34. The molecule has 0 bridgehead atoms. The maximum atomic E-state index is 10.6. The molecule has 0 amide bonds. The highest BCUT2D eigenvalue weighted by atomic mass is 16.1. The van der Waals surface area contributed by atoms with Gasteiger partial charge in [-0.15, -0.1) is 0 Å². The Morgan fingerprint density at radius 3 is 2.50 bits per heavy atom. The van der Waals surface area contributed by atoms with Crippen LogP contribution in [0.25, 0.3) is 0 Å². The first-order valence-corrected chi connectivity index (χ1v) is 4.23. The largest absolute Gasteiger partial charge is 0.303 e. The molecule has 1 aliphatic rings. The van der Waals surface area contributed by atoms with Gasteiger partial charge < -0.3 is 4.79 Å². The van der Waals surface area contributed by atoms with Crippen LogP contribution in [0.3, 0.4) is 0 Å². The first-order chi connectivity index (χ1) is 5.70. The molecule has 0 aromatic heterocycles. The van der Waals surface area contributed by atoms with Crippen molar-refractivity contribution >= 4 is 12.4 Å². The average Bonchev–Trinajstić information content (AvgIpc) is 2.10. The molecule has 0 aromatic carbocycles. The minimum Gasteiger partial charge on any atom is -0.303 e. The van der Waals surface area contributed by atoms with Gasteiger partial charge in [0.2, 0.25) is 6.08 Å². The van der Waals surface area contributed by atoms with Crippen LogP contribution in [0.15, 0.2) is 4.99 Å². The van der Waals surface area contributed by atoms with Crippen LogP contribution in [-0.4, -0.2) is 18.4 Å². The molecule has 0 saturated heterocycles. The van der Waals surface area contributed by atoms with Gasteiger partial charge in [-0.2, -0.15) is 0 Å². The summed E-state index contributed by atoms with van der Waals surface area (Å²) in [4.78, 5) is 24.2. The first kappa shape index (κ1) is 9.14. The Bertz CT molecular complexity index is 211. The van der Waals surface area contributed by atoms with Crippen molar-refractivity contribution in [2.24, 2.45) is 10.4 Å². The number of rotatable bonds is 2. The molecule has 1 rings (SSSR count). The Kier molecular flexibility index (Phi) is 2.77. The van der Waals surface area contributed by atoms with E-state index in [4.69, 9.17) is 0 Å². The molecule has 3 nitrogen and oxygen atoms in total. The number of carbonyl (C=O) groups excluding carboxylic acids is 2. The molecule has 12 heavy (non-hydrogen) atoms. The van der Waals surface area contributed by atoms with Gasteiger partial charge in [0, 0.05) is 5.41 Å².